The van der Waals surface area contributed by atoms with Crippen LogP contribution in [0.15, 0.2) is 41.5 Å². The van der Waals surface area contributed by atoms with Crippen molar-refractivity contribution in [2.24, 2.45) is 5.10 Å². The van der Waals surface area contributed by atoms with E-state index in [9.17, 15) is 4.79 Å². The first-order valence-corrected chi connectivity index (χ1v) is 8.33. The SMILES string of the molecule is COc1ccc(C(C)=NNC(=O)COc2ccc(Cl)cc2Cl)cc1OC. The Morgan fingerprint density at radius 3 is 2.38 bits per heavy atom. The third kappa shape index (κ3) is 5.28. The molecule has 1 N–H and O–H groups in total. The van der Waals surface area contributed by atoms with Crippen molar-refractivity contribution in [2.45, 2.75) is 6.92 Å². The van der Waals surface area contributed by atoms with Crippen LogP contribution in [0.4, 0.5) is 0 Å². The number of benzene rings is 2. The lowest BCUT2D eigenvalue weighted by molar-refractivity contribution is -0.123. The number of hydrogen-bond donors (Lipinski definition) is 1. The lowest BCUT2D eigenvalue weighted by Gasteiger charge is -2.10. The molecule has 2 aromatic carbocycles. The van der Waals surface area contributed by atoms with Crippen molar-refractivity contribution in [3.8, 4) is 17.2 Å². The summed E-state index contributed by atoms with van der Waals surface area (Å²) in [6.07, 6.45) is 0. The number of methoxy groups -OCH3 is 2. The molecule has 1 amide bonds. The van der Waals surface area contributed by atoms with Crippen LogP contribution in [0.5, 0.6) is 17.2 Å². The van der Waals surface area contributed by atoms with E-state index in [1.165, 1.54) is 6.07 Å². The van der Waals surface area contributed by atoms with Crippen molar-refractivity contribution in [1.29, 1.82) is 0 Å². The molecule has 0 bridgehead atoms. The molecule has 0 aliphatic carbocycles. The highest BCUT2D eigenvalue weighted by Gasteiger charge is 2.08. The summed E-state index contributed by atoms with van der Waals surface area (Å²) in [4.78, 5) is 11.9. The molecule has 0 radical (unpaired) electrons. The van der Waals surface area contributed by atoms with Crippen molar-refractivity contribution >= 4 is 34.8 Å². The summed E-state index contributed by atoms with van der Waals surface area (Å²) in [5.74, 6) is 1.13. The fraction of sp³-hybridized carbons (Fsp3) is 0.222. The Morgan fingerprint density at radius 2 is 1.73 bits per heavy atom. The summed E-state index contributed by atoms with van der Waals surface area (Å²) in [6.45, 7) is 1.53. The molecule has 138 valence electrons. The molecule has 26 heavy (non-hydrogen) atoms. The number of hydrazone groups is 1. The zero-order chi connectivity index (χ0) is 19.1. The predicted molar refractivity (Wildman–Crippen MR) is 102 cm³/mol. The number of rotatable bonds is 7. The van der Waals surface area contributed by atoms with Gasteiger partial charge in [0, 0.05) is 10.6 Å². The fourth-order valence-corrected chi connectivity index (χ4v) is 2.50. The molecule has 8 heteroatoms. The largest absolute Gasteiger partial charge is 0.493 e. The number of carbonyl (C=O) groups excluding carboxylic acids is 1. The third-order valence-electron chi connectivity index (χ3n) is 3.40. The van der Waals surface area contributed by atoms with Crippen LogP contribution < -0.4 is 19.6 Å². The first-order valence-electron chi connectivity index (χ1n) is 7.58. The Balaban J connectivity index is 1.96. The Bertz CT molecular complexity index is 825. The van der Waals surface area contributed by atoms with E-state index in [0.29, 0.717) is 33.0 Å². The molecule has 0 aliphatic heterocycles. The van der Waals surface area contributed by atoms with Crippen LogP contribution in [0, 0.1) is 0 Å². The smallest absolute Gasteiger partial charge is 0.277 e. The van der Waals surface area contributed by atoms with Gasteiger partial charge in [-0.1, -0.05) is 23.2 Å². The zero-order valence-corrected chi connectivity index (χ0v) is 16.0. The molecule has 0 aliphatic rings. The molecule has 0 saturated heterocycles. The molecule has 0 aromatic heterocycles. The van der Waals surface area contributed by atoms with Crippen molar-refractivity contribution in [2.75, 3.05) is 20.8 Å². The number of nitrogens with one attached hydrogen (secondary N) is 1. The van der Waals surface area contributed by atoms with Gasteiger partial charge >= 0.3 is 0 Å². The number of hydrogen-bond acceptors (Lipinski definition) is 5. The second-order valence-corrected chi connectivity index (χ2v) is 6.01. The normalized spacial score (nSPS) is 11.0. The van der Waals surface area contributed by atoms with E-state index in [4.69, 9.17) is 37.4 Å². The maximum absolute atomic E-state index is 11.9. The molecule has 2 aromatic rings. The van der Waals surface area contributed by atoms with Crippen LogP contribution in [0.1, 0.15) is 12.5 Å². The zero-order valence-electron chi connectivity index (χ0n) is 14.5. The summed E-state index contributed by atoms with van der Waals surface area (Å²) >= 11 is 11.8. The van der Waals surface area contributed by atoms with Gasteiger partial charge < -0.3 is 14.2 Å². The lowest BCUT2D eigenvalue weighted by Crippen LogP contribution is -2.25. The Hall–Kier alpha value is -2.44. The highest BCUT2D eigenvalue weighted by molar-refractivity contribution is 6.35. The summed E-state index contributed by atoms with van der Waals surface area (Å²) in [5, 5.41) is 4.88. The summed E-state index contributed by atoms with van der Waals surface area (Å²) in [7, 11) is 3.11. The second-order valence-electron chi connectivity index (χ2n) is 5.17. The van der Waals surface area contributed by atoms with Gasteiger partial charge in [0.25, 0.3) is 5.91 Å². The maximum Gasteiger partial charge on any atom is 0.277 e. The number of halogens is 2. The van der Waals surface area contributed by atoms with Crippen LogP contribution in [-0.4, -0.2) is 32.4 Å². The lowest BCUT2D eigenvalue weighted by atomic mass is 10.1. The highest BCUT2D eigenvalue weighted by Crippen LogP contribution is 2.28. The van der Waals surface area contributed by atoms with E-state index < -0.39 is 5.91 Å². The van der Waals surface area contributed by atoms with E-state index in [1.807, 2.05) is 6.07 Å². The Labute approximate surface area is 161 Å². The number of ether oxygens (including phenoxy) is 3. The topological polar surface area (TPSA) is 69.2 Å². The predicted octanol–water partition coefficient (Wildman–Crippen LogP) is 3.93. The van der Waals surface area contributed by atoms with Gasteiger partial charge in [0.15, 0.2) is 18.1 Å². The molecular weight excluding hydrogens is 379 g/mol. The Kier molecular flexibility index (Phi) is 7.12. The van der Waals surface area contributed by atoms with Gasteiger partial charge in [0.2, 0.25) is 0 Å². The average molecular weight is 397 g/mol. The first-order chi connectivity index (χ1) is 12.4. The standard InChI is InChI=1S/C18H18Cl2N2O4/c1-11(12-4-6-16(24-2)17(8-12)25-3)21-22-18(23)10-26-15-7-5-13(19)9-14(15)20/h4-9H,10H2,1-3H3,(H,22,23). The molecule has 0 fully saturated rings. The van der Waals surface area contributed by atoms with Gasteiger partial charge in [-0.3, -0.25) is 4.79 Å². The first kappa shape index (κ1) is 19.9. The van der Waals surface area contributed by atoms with Crippen molar-refractivity contribution in [3.63, 3.8) is 0 Å². The van der Waals surface area contributed by atoms with Gasteiger partial charge in [-0.2, -0.15) is 5.10 Å². The van der Waals surface area contributed by atoms with Crippen LogP contribution in [0.3, 0.4) is 0 Å². The number of amides is 1. The van der Waals surface area contributed by atoms with Crippen LogP contribution in [-0.2, 0) is 4.79 Å². The highest BCUT2D eigenvalue weighted by atomic mass is 35.5. The molecule has 0 heterocycles. The van der Waals surface area contributed by atoms with Crippen LogP contribution in [0.2, 0.25) is 10.0 Å². The van der Waals surface area contributed by atoms with E-state index in [-0.39, 0.29) is 6.61 Å². The average Bonchev–Trinajstić information content (AvgIpc) is 2.64. The molecule has 6 nitrogen and oxygen atoms in total. The summed E-state index contributed by atoms with van der Waals surface area (Å²) < 4.78 is 15.8. The summed E-state index contributed by atoms with van der Waals surface area (Å²) in [6, 6.07) is 10.1. The van der Waals surface area contributed by atoms with E-state index in [2.05, 4.69) is 10.5 Å². The molecular formula is C18H18Cl2N2O4. The van der Waals surface area contributed by atoms with Crippen LogP contribution in [0.25, 0.3) is 0 Å². The third-order valence-corrected chi connectivity index (χ3v) is 3.93. The van der Waals surface area contributed by atoms with Crippen molar-refractivity contribution < 1.29 is 19.0 Å². The fourth-order valence-electron chi connectivity index (χ4n) is 2.04. The van der Waals surface area contributed by atoms with Crippen LogP contribution >= 0.6 is 23.2 Å². The maximum atomic E-state index is 11.9. The molecule has 0 spiro atoms. The molecule has 2 rings (SSSR count). The minimum Gasteiger partial charge on any atom is -0.493 e. The number of nitrogens with zero attached hydrogens (tertiary/aromatic N) is 1. The molecule has 0 atom stereocenters. The molecule has 0 saturated carbocycles. The van der Waals surface area contributed by atoms with Gasteiger partial charge in [-0.25, -0.2) is 5.43 Å². The summed E-state index contributed by atoms with van der Waals surface area (Å²) in [5.41, 5.74) is 3.81. The van der Waals surface area contributed by atoms with Gasteiger partial charge in [-0.15, -0.1) is 0 Å². The van der Waals surface area contributed by atoms with Crippen molar-refractivity contribution in [3.05, 3.63) is 52.0 Å². The van der Waals surface area contributed by atoms with Gasteiger partial charge in [0.05, 0.1) is 25.0 Å². The second kappa shape index (κ2) is 9.31. The Morgan fingerprint density at radius 1 is 1.04 bits per heavy atom. The van der Waals surface area contributed by atoms with E-state index >= 15 is 0 Å². The molecule has 0 unspecified atom stereocenters. The van der Waals surface area contributed by atoms with E-state index in [0.717, 1.165) is 5.56 Å². The van der Waals surface area contributed by atoms with E-state index in [1.54, 1.807) is 45.4 Å². The monoisotopic (exact) mass is 396 g/mol. The van der Waals surface area contributed by atoms with Gasteiger partial charge in [-0.05, 0) is 43.3 Å². The quantitative estimate of drug-likeness (QED) is 0.568. The van der Waals surface area contributed by atoms with Crippen molar-refractivity contribution in [1.82, 2.24) is 5.43 Å². The number of carbonyl (C=O) groups is 1. The minimum absolute atomic E-state index is 0.232. The minimum atomic E-state index is -0.421. The van der Waals surface area contributed by atoms with Gasteiger partial charge in [0.1, 0.15) is 5.75 Å².